The highest BCUT2D eigenvalue weighted by atomic mass is 35.5. The van der Waals surface area contributed by atoms with Crippen LogP contribution in [-0.4, -0.2) is 12.5 Å². The Labute approximate surface area is 146 Å². The molecule has 0 aromatic heterocycles. The van der Waals surface area contributed by atoms with Gasteiger partial charge in [0.15, 0.2) is 0 Å². The quantitative estimate of drug-likeness (QED) is 0.810. The smallest absolute Gasteiger partial charge is 0.224 e. The Morgan fingerprint density at radius 2 is 1.83 bits per heavy atom. The predicted octanol–water partition coefficient (Wildman–Crippen LogP) is 4.81. The molecular weight excluding hydrogens is 333 g/mol. The Bertz CT molecular complexity index is 671. The van der Waals surface area contributed by atoms with Gasteiger partial charge in [0, 0.05) is 0 Å². The molecule has 0 aliphatic carbocycles. The first-order chi connectivity index (χ1) is 11.0. The SMILES string of the molecule is CCOc1ccc(C(C)NC(=O)Cc2ccc(Cl)c(Cl)c2)cc1. The van der Waals surface area contributed by atoms with Crippen LogP contribution in [0.1, 0.15) is 31.0 Å². The second kappa shape index (κ2) is 8.23. The zero-order valence-electron chi connectivity index (χ0n) is 13.1. The summed E-state index contributed by atoms with van der Waals surface area (Å²) in [5.74, 6) is 0.760. The molecule has 3 nitrogen and oxygen atoms in total. The van der Waals surface area contributed by atoms with Gasteiger partial charge in [-0.25, -0.2) is 0 Å². The maximum absolute atomic E-state index is 12.1. The summed E-state index contributed by atoms with van der Waals surface area (Å²) in [5, 5.41) is 3.91. The number of hydrogen-bond donors (Lipinski definition) is 1. The molecule has 5 heteroatoms. The van der Waals surface area contributed by atoms with Crippen molar-refractivity contribution < 1.29 is 9.53 Å². The fourth-order valence-corrected chi connectivity index (χ4v) is 2.55. The lowest BCUT2D eigenvalue weighted by Crippen LogP contribution is -2.28. The number of ether oxygens (including phenoxy) is 1. The van der Waals surface area contributed by atoms with E-state index >= 15 is 0 Å². The van der Waals surface area contributed by atoms with Crippen molar-refractivity contribution in [1.29, 1.82) is 0 Å². The molecule has 2 aromatic rings. The maximum atomic E-state index is 12.1. The van der Waals surface area contributed by atoms with Gasteiger partial charge in [0.25, 0.3) is 0 Å². The Balaban J connectivity index is 1.94. The van der Waals surface area contributed by atoms with Gasteiger partial charge in [0.1, 0.15) is 5.75 Å². The van der Waals surface area contributed by atoms with Crippen LogP contribution in [0.3, 0.4) is 0 Å². The molecule has 0 bridgehead atoms. The zero-order valence-corrected chi connectivity index (χ0v) is 14.6. The molecule has 1 unspecified atom stereocenters. The van der Waals surface area contributed by atoms with E-state index in [1.807, 2.05) is 38.1 Å². The van der Waals surface area contributed by atoms with E-state index in [0.29, 0.717) is 16.7 Å². The number of nitrogens with one attached hydrogen (secondary N) is 1. The highest BCUT2D eigenvalue weighted by Gasteiger charge is 2.11. The number of carbonyl (C=O) groups excluding carboxylic acids is 1. The number of carbonyl (C=O) groups is 1. The van der Waals surface area contributed by atoms with E-state index in [4.69, 9.17) is 27.9 Å². The van der Waals surface area contributed by atoms with Gasteiger partial charge in [0.05, 0.1) is 29.1 Å². The summed E-state index contributed by atoms with van der Waals surface area (Å²) in [4.78, 5) is 12.1. The predicted molar refractivity (Wildman–Crippen MR) is 94.3 cm³/mol. The fraction of sp³-hybridized carbons (Fsp3) is 0.278. The Hall–Kier alpha value is -1.71. The zero-order chi connectivity index (χ0) is 16.8. The van der Waals surface area contributed by atoms with E-state index in [-0.39, 0.29) is 18.4 Å². The van der Waals surface area contributed by atoms with Crippen molar-refractivity contribution in [2.75, 3.05) is 6.61 Å². The molecule has 0 aliphatic rings. The lowest BCUT2D eigenvalue weighted by molar-refractivity contribution is -0.121. The molecule has 0 saturated heterocycles. The van der Waals surface area contributed by atoms with Gasteiger partial charge in [-0.2, -0.15) is 0 Å². The van der Waals surface area contributed by atoms with Crippen LogP contribution in [0.15, 0.2) is 42.5 Å². The molecule has 2 rings (SSSR count). The molecular formula is C18H19Cl2NO2. The normalized spacial score (nSPS) is 11.8. The van der Waals surface area contributed by atoms with Crippen molar-refractivity contribution in [2.45, 2.75) is 26.3 Å². The third-order valence-corrected chi connectivity index (χ3v) is 4.16. The third-order valence-electron chi connectivity index (χ3n) is 3.42. The fourth-order valence-electron chi connectivity index (χ4n) is 2.23. The molecule has 2 aromatic carbocycles. The second-order valence-corrected chi connectivity index (χ2v) is 6.03. The topological polar surface area (TPSA) is 38.3 Å². The molecule has 0 heterocycles. The summed E-state index contributed by atoms with van der Waals surface area (Å²) in [6.07, 6.45) is 0.262. The van der Waals surface area contributed by atoms with Gasteiger partial charge < -0.3 is 10.1 Å². The number of amides is 1. The molecule has 0 spiro atoms. The minimum absolute atomic E-state index is 0.0650. The number of rotatable bonds is 6. The van der Waals surface area contributed by atoms with Crippen LogP contribution in [-0.2, 0) is 11.2 Å². The van der Waals surface area contributed by atoms with Crippen molar-refractivity contribution in [3.05, 3.63) is 63.6 Å². The number of benzene rings is 2. The summed E-state index contributed by atoms with van der Waals surface area (Å²) >= 11 is 11.8. The number of halogens is 2. The van der Waals surface area contributed by atoms with Crippen LogP contribution in [0, 0.1) is 0 Å². The summed E-state index contributed by atoms with van der Waals surface area (Å²) < 4.78 is 5.41. The third kappa shape index (κ3) is 5.15. The lowest BCUT2D eigenvalue weighted by atomic mass is 10.1. The summed E-state index contributed by atoms with van der Waals surface area (Å²) in [5.41, 5.74) is 1.85. The molecule has 0 aliphatic heterocycles. The lowest BCUT2D eigenvalue weighted by Gasteiger charge is -2.15. The molecule has 1 atom stereocenters. The van der Waals surface area contributed by atoms with Crippen LogP contribution in [0.25, 0.3) is 0 Å². The minimum Gasteiger partial charge on any atom is -0.494 e. The Morgan fingerprint density at radius 1 is 1.13 bits per heavy atom. The maximum Gasteiger partial charge on any atom is 0.224 e. The van der Waals surface area contributed by atoms with E-state index in [1.54, 1.807) is 18.2 Å². The average molecular weight is 352 g/mol. The van der Waals surface area contributed by atoms with E-state index < -0.39 is 0 Å². The van der Waals surface area contributed by atoms with Crippen LogP contribution in [0.4, 0.5) is 0 Å². The monoisotopic (exact) mass is 351 g/mol. The van der Waals surface area contributed by atoms with Crippen LogP contribution >= 0.6 is 23.2 Å². The number of hydrogen-bond acceptors (Lipinski definition) is 2. The first-order valence-electron chi connectivity index (χ1n) is 7.45. The van der Waals surface area contributed by atoms with Gasteiger partial charge >= 0.3 is 0 Å². The largest absolute Gasteiger partial charge is 0.494 e. The van der Waals surface area contributed by atoms with Crippen LogP contribution < -0.4 is 10.1 Å². The van der Waals surface area contributed by atoms with Gasteiger partial charge in [0.2, 0.25) is 5.91 Å². The van der Waals surface area contributed by atoms with Gasteiger partial charge in [-0.15, -0.1) is 0 Å². The highest BCUT2D eigenvalue weighted by molar-refractivity contribution is 6.42. The summed E-state index contributed by atoms with van der Waals surface area (Å²) in [6.45, 7) is 4.53. The molecule has 23 heavy (non-hydrogen) atoms. The van der Waals surface area contributed by atoms with Crippen molar-refractivity contribution >= 4 is 29.1 Å². The molecule has 0 fully saturated rings. The van der Waals surface area contributed by atoms with Crippen molar-refractivity contribution in [3.63, 3.8) is 0 Å². The summed E-state index contributed by atoms with van der Waals surface area (Å²) in [6, 6.07) is 12.8. The van der Waals surface area contributed by atoms with Crippen LogP contribution in [0.5, 0.6) is 5.75 Å². The van der Waals surface area contributed by atoms with E-state index in [2.05, 4.69) is 5.32 Å². The van der Waals surface area contributed by atoms with Crippen LogP contribution in [0.2, 0.25) is 10.0 Å². The van der Waals surface area contributed by atoms with E-state index in [1.165, 1.54) is 0 Å². The van der Waals surface area contributed by atoms with Crippen molar-refractivity contribution in [3.8, 4) is 5.75 Å². The van der Waals surface area contributed by atoms with Gasteiger partial charge in [-0.05, 0) is 49.2 Å². The van der Waals surface area contributed by atoms with Gasteiger partial charge in [-0.1, -0.05) is 41.4 Å². The molecule has 122 valence electrons. The Kier molecular flexibility index (Phi) is 6.31. The summed E-state index contributed by atoms with van der Waals surface area (Å²) in [7, 11) is 0. The van der Waals surface area contributed by atoms with Crippen molar-refractivity contribution in [1.82, 2.24) is 5.32 Å². The Morgan fingerprint density at radius 3 is 2.43 bits per heavy atom. The van der Waals surface area contributed by atoms with Gasteiger partial charge in [-0.3, -0.25) is 4.79 Å². The molecule has 1 N–H and O–H groups in total. The first kappa shape index (κ1) is 17.6. The van der Waals surface area contributed by atoms with E-state index in [9.17, 15) is 4.79 Å². The van der Waals surface area contributed by atoms with Crippen molar-refractivity contribution in [2.24, 2.45) is 0 Å². The molecule has 1 amide bonds. The first-order valence-corrected chi connectivity index (χ1v) is 8.21. The van der Waals surface area contributed by atoms with E-state index in [0.717, 1.165) is 16.9 Å². The minimum atomic E-state index is -0.0825. The second-order valence-electron chi connectivity index (χ2n) is 5.22. The molecule has 0 radical (unpaired) electrons. The molecule has 0 saturated carbocycles. The highest BCUT2D eigenvalue weighted by Crippen LogP contribution is 2.23. The average Bonchev–Trinajstić information content (AvgIpc) is 2.52. The standard InChI is InChI=1S/C18H19Cl2NO2/c1-3-23-15-7-5-14(6-8-15)12(2)21-18(22)11-13-4-9-16(19)17(20)10-13/h4-10,12H,3,11H2,1-2H3,(H,21,22).